The van der Waals surface area contributed by atoms with Gasteiger partial charge in [-0.1, -0.05) is 0 Å². The molecule has 0 atom stereocenters. The van der Waals surface area contributed by atoms with Crippen LogP contribution in [0.15, 0.2) is 12.2 Å². The van der Waals surface area contributed by atoms with Crippen molar-refractivity contribution in [1.29, 1.82) is 0 Å². The molecule has 0 spiro atoms. The first-order valence-corrected chi connectivity index (χ1v) is 11.6. The van der Waals surface area contributed by atoms with E-state index in [0.717, 1.165) is 6.42 Å². The standard InChI is InChI=1S/C19H39O2P/c1-10-22(11-2,12-3)15-19(8,9)13-18(6,7)14-21-17(20)16(4)5/h22H,4,10-15H2,1-3,5-9H3. The molecule has 0 radical (unpaired) electrons. The molecule has 0 heterocycles. The summed E-state index contributed by atoms with van der Waals surface area (Å²) < 4.78 is 5.40. The van der Waals surface area contributed by atoms with Gasteiger partial charge in [-0.15, -0.1) is 0 Å². The Morgan fingerprint density at radius 1 is 1.00 bits per heavy atom. The molecule has 3 heteroatoms. The molecule has 0 N–H and O–H groups in total. The monoisotopic (exact) mass is 330 g/mol. The molecule has 0 aliphatic heterocycles. The van der Waals surface area contributed by atoms with E-state index in [1.165, 1.54) is 24.6 Å². The van der Waals surface area contributed by atoms with Crippen LogP contribution in [0.25, 0.3) is 0 Å². The maximum absolute atomic E-state index is 11.6. The first-order valence-electron chi connectivity index (χ1n) is 8.75. The van der Waals surface area contributed by atoms with Crippen molar-refractivity contribution in [2.24, 2.45) is 10.8 Å². The summed E-state index contributed by atoms with van der Waals surface area (Å²) >= 11 is 0. The van der Waals surface area contributed by atoms with Crippen LogP contribution in [0.4, 0.5) is 0 Å². The minimum absolute atomic E-state index is 0.00394. The van der Waals surface area contributed by atoms with Crippen molar-refractivity contribution >= 4 is 13.2 Å². The second kappa shape index (κ2) is 8.48. The average molecular weight is 330 g/mol. The molecule has 0 unspecified atom stereocenters. The van der Waals surface area contributed by atoms with Crippen LogP contribution >= 0.6 is 7.26 Å². The Morgan fingerprint density at radius 2 is 1.45 bits per heavy atom. The van der Waals surface area contributed by atoms with Crippen molar-refractivity contribution in [1.82, 2.24) is 0 Å². The van der Waals surface area contributed by atoms with E-state index in [9.17, 15) is 4.79 Å². The summed E-state index contributed by atoms with van der Waals surface area (Å²) in [5.41, 5.74) is 0.779. The molecule has 0 saturated carbocycles. The van der Waals surface area contributed by atoms with Gasteiger partial charge in [0.2, 0.25) is 0 Å². The number of esters is 1. The van der Waals surface area contributed by atoms with Crippen LogP contribution in [-0.2, 0) is 9.53 Å². The molecule has 132 valence electrons. The fraction of sp³-hybridized carbons (Fsp3) is 0.842. The Bertz CT molecular complexity index is 371. The summed E-state index contributed by atoms with van der Waals surface area (Å²) in [5.74, 6) is -0.273. The van der Waals surface area contributed by atoms with E-state index in [2.05, 4.69) is 55.0 Å². The van der Waals surface area contributed by atoms with Gasteiger partial charge in [0.05, 0.1) is 0 Å². The maximum atomic E-state index is 11.6. The van der Waals surface area contributed by atoms with Crippen molar-refractivity contribution in [2.75, 3.05) is 31.3 Å². The van der Waals surface area contributed by atoms with Crippen molar-refractivity contribution in [3.05, 3.63) is 12.2 Å². The van der Waals surface area contributed by atoms with Gasteiger partial charge in [0.15, 0.2) is 0 Å². The van der Waals surface area contributed by atoms with E-state index in [0.29, 0.717) is 17.6 Å². The van der Waals surface area contributed by atoms with Gasteiger partial charge in [0.1, 0.15) is 0 Å². The molecule has 2 nitrogen and oxygen atoms in total. The van der Waals surface area contributed by atoms with Crippen LogP contribution < -0.4 is 0 Å². The predicted molar refractivity (Wildman–Crippen MR) is 103 cm³/mol. The number of hydrogen-bond acceptors (Lipinski definition) is 2. The van der Waals surface area contributed by atoms with Gasteiger partial charge in [-0.25, -0.2) is 0 Å². The molecule has 0 amide bonds. The third-order valence-electron chi connectivity index (χ3n) is 5.00. The fourth-order valence-electron chi connectivity index (χ4n) is 3.93. The third kappa shape index (κ3) is 7.27. The molecule has 0 aromatic carbocycles. The van der Waals surface area contributed by atoms with Crippen molar-refractivity contribution in [3.63, 3.8) is 0 Å². The number of carbonyl (C=O) groups is 1. The summed E-state index contributed by atoms with van der Waals surface area (Å²) in [4.78, 5) is 11.6. The molecule has 0 fully saturated rings. The van der Waals surface area contributed by atoms with Gasteiger partial charge in [0.25, 0.3) is 0 Å². The van der Waals surface area contributed by atoms with Crippen molar-refractivity contribution < 1.29 is 9.53 Å². The van der Waals surface area contributed by atoms with E-state index in [4.69, 9.17) is 4.74 Å². The van der Waals surface area contributed by atoms with E-state index >= 15 is 0 Å². The number of rotatable bonds is 10. The van der Waals surface area contributed by atoms with Crippen LogP contribution in [0.2, 0.25) is 0 Å². The predicted octanol–water partition coefficient (Wildman–Crippen LogP) is 5.36. The fourth-order valence-corrected chi connectivity index (χ4v) is 8.34. The SMILES string of the molecule is C=C(C)C(=O)OCC(C)(C)CC(C)(C)C[PH](CC)(CC)CC. The zero-order valence-electron chi connectivity index (χ0n) is 16.3. The molecule has 0 saturated heterocycles. The molecule has 0 bridgehead atoms. The molecule has 0 aliphatic carbocycles. The van der Waals surface area contributed by atoms with Gasteiger partial charge >= 0.3 is 139 Å². The Kier molecular flexibility index (Phi) is 8.34. The van der Waals surface area contributed by atoms with Gasteiger partial charge in [-0.3, -0.25) is 0 Å². The third-order valence-corrected chi connectivity index (χ3v) is 11.2. The molecular weight excluding hydrogens is 291 g/mol. The second-order valence-corrected chi connectivity index (χ2v) is 14.1. The Balaban J connectivity index is 4.79. The zero-order valence-corrected chi connectivity index (χ0v) is 17.3. The molecule has 22 heavy (non-hydrogen) atoms. The normalized spacial score (nSPS) is 13.8. The zero-order chi connectivity index (χ0) is 17.6. The molecule has 0 rings (SSSR count). The summed E-state index contributed by atoms with van der Waals surface area (Å²) in [6, 6.07) is 0. The molecule has 0 aromatic heterocycles. The van der Waals surface area contributed by atoms with Crippen LogP contribution in [0.1, 0.15) is 61.8 Å². The van der Waals surface area contributed by atoms with E-state index in [-0.39, 0.29) is 11.4 Å². The number of carbonyl (C=O) groups excluding carboxylic acids is 1. The first-order chi connectivity index (χ1) is 9.92. The number of hydrogen-bond donors (Lipinski definition) is 0. The Labute approximate surface area is 139 Å². The van der Waals surface area contributed by atoms with Crippen LogP contribution in [0, 0.1) is 10.8 Å². The Hall–Kier alpha value is -0.360. The van der Waals surface area contributed by atoms with E-state index < -0.39 is 7.26 Å². The number of ether oxygens (including phenoxy) is 1. The Morgan fingerprint density at radius 3 is 1.82 bits per heavy atom. The van der Waals surface area contributed by atoms with Gasteiger partial charge < -0.3 is 0 Å². The van der Waals surface area contributed by atoms with Crippen LogP contribution in [-0.4, -0.2) is 37.2 Å². The summed E-state index contributed by atoms with van der Waals surface area (Å²) in [7, 11) is -1.14. The summed E-state index contributed by atoms with van der Waals surface area (Å²) in [5, 5.41) is 0. The second-order valence-electron chi connectivity index (χ2n) is 8.60. The van der Waals surface area contributed by atoms with Gasteiger partial charge in [-0.05, 0) is 0 Å². The molecule has 0 aromatic rings. The van der Waals surface area contributed by atoms with Gasteiger partial charge in [0, 0.05) is 0 Å². The van der Waals surface area contributed by atoms with Crippen LogP contribution in [0.3, 0.4) is 0 Å². The minimum atomic E-state index is -1.14. The van der Waals surface area contributed by atoms with Crippen LogP contribution in [0.5, 0.6) is 0 Å². The van der Waals surface area contributed by atoms with Crippen molar-refractivity contribution in [3.8, 4) is 0 Å². The molecular formula is C19H39O2P. The quantitative estimate of drug-likeness (QED) is 0.306. The van der Waals surface area contributed by atoms with Crippen molar-refractivity contribution in [2.45, 2.75) is 61.8 Å². The molecule has 0 aliphatic rings. The van der Waals surface area contributed by atoms with E-state index in [1.54, 1.807) is 6.92 Å². The average Bonchev–Trinajstić information content (AvgIpc) is 2.41. The van der Waals surface area contributed by atoms with Gasteiger partial charge in [-0.2, -0.15) is 0 Å². The summed E-state index contributed by atoms with van der Waals surface area (Å²) in [6.45, 7) is 22.1. The first kappa shape index (κ1) is 21.6. The van der Waals surface area contributed by atoms with E-state index in [1.807, 2.05) is 0 Å². The summed E-state index contributed by atoms with van der Waals surface area (Å²) in [6.07, 6.45) is 6.55. The topological polar surface area (TPSA) is 26.3 Å².